The third kappa shape index (κ3) is 1.93. The van der Waals surface area contributed by atoms with Crippen molar-refractivity contribution >= 4 is 11.3 Å². The molecular weight excluding hydrogens is 180 g/mol. The van der Waals surface area contributed by atoms with Gasteiger partial charge in [0.05, 0.1) is 0 Å². The van der Waals surface area contributed by atoms with Gasteiger partial charge in [-0.25, -0.2) is 0 Å². The number of rotatable bonds is 1. The molecule has 72 valence electrons. The highest BCUT2D eigenvalue weighted by atomic mass is 32.1. The SMILES string of the molecule is CC1NC(c2ccsc2)CCC1N. The third-order valence-corrected chi connectivity index (χ3v) is 3.54. The third-order valence-electron chi connectivity index (χ3n) is 2.84. The van der Waals surface area contributed by atoms with Gasteiger partial charge in [-0.2, -0.15) is 11.3 Å². The fourth-order valence-electron chi connectivity index (χ4n) is 1.87. The van der Waals surface area contributed by atoms with Crippen molar-refractivity contribution in [2.45, 2.75) is 37.9 Å². The van der Waals surface area contributed by atoms with Crippen LogP contribution in [0.2, 0.25) is 0 Å². The van der Waals surface area contributed by atoms with E-state index in [1.807, 2.05) is 0 Å². The van der Waals surface area contributed by atoms with Crippen LogP contribution in [0.5, 0.6) is 0 Å². The highest BCUT2D eigenvalue weighted by Gasteiger charge is 2.24. The monoisotopic (exact) mass is 196 g/mol. The molecule has 0 spiro atoms. The molecule has 1 aromatic heterocycles. The minimum absolute atomic E-state index is 0.329. The van der Waals surface area contributed by atoms with Crippen LogP contribution in [-0.4, -0.2) is 12.1 Å². The molecule has 3 N–H and O–H groups in total. The van der Waals surface area contributed by atoms with E-state index in [1.165, 1.54) is 12.0 Å². The van der Waals surface area contributed by atoms with Crippen molar-refractivity contribution in [1.29, 1.82) is 0 Å². The fraction of sp³-hybridized carbons (Fsp3) is 0.600. The van der Waals surface area contributed by atoms with Gasteiger partial charge in [0.25, 0.3) is 0 Å². The summed E-state index contributed by atoms with van der Waals surface area (Å²) in [6, 6.07) is 3.50. The lowest BCUT2D eigenvalue weighted by molar-refractivity contribution is 0.303. The van der Waals surface area contributed by atoms with E-state index in [-0.39, 0.29) is 0 Å². The molecule has 0 aliphatic carbocycles. The summed E-state index contributed by atoms with van der Waals surface area (Å²) >= 11 is 1.76. The van der Waals surface area contributed by atoms with E-state index in [0.29, 0.717) is 18.1 Å². The normalized spacial score (nSPS) is 34.8. The van der Waals surface area contributed by atoms with Gasteiger partial charge < -0.3 is 11.1 Å². The van der Waals surface area contributed by atoms with Crippen LogP contribution in [0.3, 0.4) is 0 Å². The Hall–Kier alpha value is -0.380. The first kappa shape index (κ1) is 9.19. The molecule has 2 nitrogen and oxygen atoms in total. The van der Waals surface area contributed by atoms with Crippen molar-refractivity contribution in [3.8, 4) is 0 Å². The van der Waals surface area contributed by atoms with Crippen molar-refractivity contribution in [3.05, 3.63) is 22.4 Å². The number of nitrogens with two attached hydrogens (primary N) is 1. The molecule has 0 radical (unpaired) electrons. The first-order valence-corrected chi connectivity index (χ1v) is 5.75. The quantitative estimate of drug-likeness (QED) is 0.720. The average Bonchev–Trinajstić information content (AvgIpc) is 2.62. The van der Waals surface area contributed by atoms with E-state index >= 15 is 0 Å². The second-order valence-corrected chi connectivity index (χ2v) is 4.59. The van der Waals surface area contributed by atoms with E-state index in [2.05, 4.69) is 29.1 Å². The van der Waals surface area contributed by atoms with E-state index in [1.54, 1.807) is 11.3 Å². The summed E-state index contributed by atoms with van der Waals surface area (Å²) in [5, 5.41) is 7.91. The molecule has 1 fully saturated rings. The largest absolute Gasteiger partial charge is 0.326 e. The maximum atomic E-state index is 5.93. The molecule has 0 amide bonds. The summed E-state index contributed by atoms with van der Waals surface area (Å²) in [4.78, 5) is 0. The Kier molecular flexibility index (Phi) is 2.67. The zero-order valence-electron chi connectivity index (χ0n) is 7.86. The highest BCUT2D eigenvalue weighted by Crippen LogP contribution is 2.26. The molecule has 1 aliphatic heterocycles. The number of hydrogen-bond donors (Lipinski definition) is 2. The Morgan fingerprint density at radius 2 is 2.38 bits per heavy atom. The van der Waals surface area contributed by atoms with Crippen LogP contribution in [0.4, 0.5) is 0 Å². The van der Waals surface area contributed by atoms with Crippen LogP contribution >= 0.6 is 11.3 Å². The zero-order valence-corrected chi connectivity index (χ0v) is 8.68. The van der Waals surface area contributed by atoms with Gasteiger partial charge in [-0.15, -0.1) is 0 Å². The van der Waals surface area contributed by atoms with Crippen molar-refractivity contribution < 1.29 is 0 Å². The molecule has 1 aliphatic rings. The number of hydrogen-bond acceptors (Lipinski definition) is 3. The Morgan fingerprint density at radius 3 is 3.00 bits per heavy atom. The van der Waals surface area contributed by atoms with Gasteiger partial charge in [0.2, 0.25) is 0 Å². The molecular formula is C10H16N2S. The minimum Gasteiger partial charge on any atom is -0.326 e. The van der Waals surface area contributed by atoms with E-state index < -0.39 is 0 Å². The van der Waals surface area contributed by atoms with Gasteiger partial charge in [-0.3, -0.25) is 0 Å². The second kappa shape index (κ2) is 3.78. The van der Waals surface area contributed by atoms with Crippen molar-refractivity contribution in [3.63, 3.8) is 0 Å². The lowest BCUT2D eigenvalue weighted by Crippen LogP contribution is -2.48. The second-order valence-electron chi connectivity index (χ2n) is 3.81. The number of piperidine rings is 1. The molecule has 3 atom stereocenters. The van der Waals surface area contributed by atoms with Gasteiger partial charge in [0, 0.05) is 18.1 Å². The topological polar surface area (TPSA) is 38.0 Å². The Morgan fingerprint density at radius 1 is 1.54 bits per heavy atom. The lowest BCUT2D eigenvalue weighted by atomic mass is 9.92. The van der Waals surface area contributed by atoms with Gasteiger partial charge in [0.1, 0.15) is 0 Å². The Labute approximate surface area is 83.1 Å². The summed E-state index contributed by atoms with van der Waals surface area (Å²) in [6.45, 7) is 2.17. The van der Waals surface area contributed by atoms with Gasteiger partial charge in [-0.05, 0) is 42.2 Å². The van der Waals surface area contributed by atoms with Crippen molar-refractivity contribution in [2.75, 3.05) is 0 Å². The molecule has 13 heavy (non-hydrogen) atoms. The van der Waals surface area contributed by atoms with E-state index in [0.717, 1.165) is 6.42 Å². The van der Waals surface area contributed by atoms with Crippen LogP contribution < -0.4 is 11.1 Å². The van der Waals surface area contributed by atoms with Gasteiger partial charge >= 0.3 is 0 Å². The first-order valence-electron chi connectivity index (χ1n) is 4.81. The summed E-state index contributed by atoms with van der Waals surface area (Å²) in [5.41, 5.74) is 7.35. The van der Waals surface area contributed by atoms with Gasteiger partial charge in [0.15, 0.2) is 0 Å². The van der Waals surface area contributed by atoms with Crippen LogP contribution in [0.25, 0.3) is 0 Å². The zero-order chi connectivity index (χ0) is 9.26. The molecule has 3 heteroatoms. The van der Waals surface area contributed by atoms with Crippen LogP contribution in [0, 0.1) is 0 Å². The maximum Gasteiger partial charge on any atom is 0.0332 e. The molecule has 0 saturated carbocycles. The van der Waals surface area contributed by atoms with E-state index in [4.69, 9.17) is 5.73 Å². The standard InChI is InChI=1S/C10H16N2S/c1-7-9(11)2-3-10(12-7)8-4-5-13-6-8/h4-7,9-10,12H,2-3,11H2,1H3. The van der Waals surface area contributed by atoms with Crippen LogP contribution in [0.15, 0.2) is 16.8 Å². The predicted molar refractivity (Wildman–Crippen MR) is 56.9 cm³/mol. The lowest BCUT2D eigenvalue weighted by Gasteiger charge is -2.33. The molecule has 3 unspecified atom stereocenters. The minimum atomic E-state index is 0.329. The van der Waals surface area contributed by atoms with Crippen molar-refractivity contribution in [1.82, 2.24) is 5.32 Å². The summed E-state index contributed by atoms with van der Waals surface area (Å²) in [7, 11) is 0. The molecule has 1 aromatic rings. The van der Waals surface area contributed by atoms with Crippen molar-refractivity contribution in [2.24, 2.45) is 5.73 Å². The maximum absolute atomic E-state index is 5.93. The molecule has 2 rings (SSSR count). The van der Waals surface area contributed by atoms with Gasteiger partial charge in [-0.1, -0.05) is 0 Å². The summed E-state index contributed by atoms with van der Waals surface area (Å²) in [6.07, 6.45) is 2.30. The molecule has 2 heterocycles. The highest BCUT2D eigenvalue weighted by molar-refractivity contribution is 7.07. The average molecular weight is 196 g/mol. The Bertz CT molecular complexity index is 258. The number of nitrogens with one attached hydrogen (secondary N) is 1. The summed E-state index contributed by atoms with van der Waals surface area (Å²) < 4.78 is 0. The molecule has 0 bridgehead atoms. The predicted octanol–water partition coefficient (Wildman–Crippen LogP) is 1.89. The number of thiophene rings is 1. The summed E-state index contributed by atoms with van der Waals surface area (Å²) in [5.74, 6) is 0. The molecule has 0 aromatic carbocycles. The van der Waals surface area contributed by atoms with E-state index in [9.17, 15) is 0 Å². The Balaban J connectivity index is 2.03. The smallest absolute Gasteiger partial charge is 0.0332 e. The van der Waals surface area contributed by atoms with Crippen LogP contribution in [0.1, 0.15) is 31.4 Å². The van der Waals surface area contributed by atoms with Crippen LogP contribution in [-0.2, 0) is 0 Å². The first-order chi connectivity index (χ1) is 6.27. The fourth-order valence-corrected chi connectivity index (χ4v) is 2.58. The molecule has 1 saturated heterocycles.